The fraction of sp³-hybridized carbons (Fsp3) is 0.250. The summed E-state index contributed by atoms with van der Waals surface area (Å²) >= 11 is 6.02. The molecule has 0 aromatic heterocycles. The molecule has 1 heterocycles. The highest BCUT2D eigenvalue weighted by atomic mass is 35.5. The number of hydrogen-bond acceptors (Lipinski definition) is 6. The van der Waals surface area contributed by atoms with E-state index in [0.717, 1.165) is 17.1 Å². The molecule has 0 aliphatic carbocycles. The lowest BCUT2D eigenvalue weighted by Gasteiger charge is -2.09. The third kappa shape index (κ3) is 4.88. The average Bonchev–Trinajstić information content (AvgIpc) is 3.03. The number of non-ortho nitro benzene ring substituents is 1. The van der Waals surface area contributed by atoms with Crippen LogP contribution in [0.3, 0.4) is 0 Å². The topological polar surface area (TPSA) is 85.7 Å². The van der Waals surface area contributed by atoms with Crippen LogP contribution in [-0.4, -0.2) is 24.8 Å². The van der Waals surface area contributed by atoms with Crippen LogP contribution in [0.4, 0.5) is 11.4 Å². The highest BCUT2D eigenvalue weighted by Crippen LogP contribution is 2.32. The number of benzene rings is 2. The summed E-state index contributed by atoms with van der Waals surface area (Å²) in [6.45, 7) is 2.32. The molecule has 25 heavy (non-hydrogen) atoms. The molecule has 1 aliphatic heterocycles. The van der Waals surface area contributed by atoms with Gasteiger partial charge in [0.05, 0.1) is 15.6 Å². The Bertz CT molecular complexity index is 758. The third-order valence-electron chi connectivity index (χ3n) is 3.55. The number of halogens is 2. The lowest BCUT2D eigenvalue weighted by Crippen LogP contribution is -2.21. The van der Waals surface area contributed by atoms with Gasteiger partial charge < -0.3 is 20.1 Å². The van der Waals surface area contributed by atoms with Crippen molar-refractivity contribution in [3.8, 4) is 11.5 Å². The largest absolute Gasteiger partial charge is 0.454 e. The van der Waals surface area contributed by atoms with Crippen LogP contribution in [0, 0.1) is 10.1 Å². The lowest BCUT2D eigenvalue weighted by molar-refractivity contribution is -0.384. The van der Waals surface area contributed by atoms with Crippen LogP contribution in [0.2, 0.25) is 5.02 Å². The van der Waals surface area contributed by atoms with Gasteiger partial charge in [0, 0.05) is 31.8 Å². The summed E-state index contributed by atoms with van der Waals surface area (Å²) in [5, 5.41) is 17.4. The van der Waals surface area contributed by atoms with E-state index < -0.39 is 4.92 Å². The predicted molar refractivity (Wildman–Crippen MR) is 98.1 cm³/mol. The molecule has 134 valence electrons. The Morgan fingerprint density at radius 2 is 1.92 bits per heavy atom. The van der Waals surface area contributed by atoms with Crippen LogP contribution < -0.4 is 20.1 Å². The minimum atomic E-state index is -0.470. The second-order valence-electron chi connectivity index (χ2n) is 5.21. The first-order chi connectivity index (χ1) is 11.6. The van der Waals surface area contributed by atoms with Crippen LogP contribution >= 0.6 is 24.0 Å². The van der Waals surface area contributed by atoms with Crippen molar-refractivity contribution >= 4 is 35.4 Å². The van der Waals surface area contributed by atoms with Gasteiger partial charge in [-0.25, -0.2) is 0 Å². The number of anilines is 1. The second kappa shape index (κ2) is 8.75. The Labute approximate surface area is 155 Å². The summed E-state index contributed by atoms with van der Waals surface area (Å²) in [6, 6.07) is 10.2. The van der Waals surface area contributed by atoms with E-state index in [-0.39, 0.29) is 24.9 Å². The van der Waals surface area contributed by atoms with Crippen molar-refractivity contribution in [1.82, 2.24) is 5.32 Å². The first-order valence-corrected chi connectivity index (χ1v) is 7.78. The summed E-state index contributed by atoms with van der Waals surface area (Å²) in [4.78, 5) is 10.2. The van der Waals surface area contributed by atoms with Gasteiger partial charge in [0.2, 0.25) is 6.79 Å². The molecular formula is C16H17Cl2N3O4. The molecule has 7 nitrogen and oxygen atoms in total. The van der Waals surface area contributed by atoms with Crippen molar-refractivity contribution in [1.29, 1.82) is 0 Å². The highest BCUT2D eigenvalue weighted by molar-refractivity contribution is 6.33. The summed E-state index contributed by atoms with van der Waals surface area (Å²) in [6.07, 6.45) is 0. The quantitative estimate of drug-likeness (QED) is 0.430. The Morgan fingerprint density at radius 3 is 2.68 bits per heavy atom. The molecule has 0 unspecified atom stereocenters. The molecule has 9 heteroatoms. The van der Waals surface area contributed by atoms with Gasteiger partial charge in [-0.3, -0.25) is 10.1 Å². The molecular weight excluding hydrogens is 369 g/mol. The predicted octanol–water partition coefficient (Wildman–Crippen LogP) is 3.60. The van der Waals surface area contributed by atoms with Gasteiger partial charge in [-0.05, 0) is 23.8 Å². The number of ether oxygens (including phenoxy) is 2. The average molecular weight is 386 g/mol. The fourth-order valence-corrected chi connectivity index (χ4v) is 2.57. The smallest absolute Gasteiger partial charge is 0.271 e. The summed E-state index contributed by atoms with van der Waals surface area (Å²) in [7, 11) is 0. The first-order valence-electron chi connectivity index (χ1n) is 7.40. The van der Waals surface area contributed by atoms with E-state index in [9.17, 15) is 10.1 Å². The van der Waals surface area contributed by atoms with Gasteiger partial charge in [-0.2, -0.15) is 0 Å². The van der Waals surface area contributed by atoms with E-state index in [4.69, 9.17) is 21.1 Å². The number of rotatable bonds is 7. The Hall–Kier alpha value is -2.22. The minimum absolute atomic E-state index is 0. The molecule has 0 atom stereocenters. The van der Waals surface area contributed by atoms with E-state index in [1.54, 1.807) is 6.07 Å². The summed E-state index contributed by atoms with van der Waals surface area (Å²) < 4.78 is 10.6. The van der Waals surface area contributed by atoms with Crippen molar-refractivity contribution in [2.45, 2.75) is 6.54 Å². The summed E-state index contributed by atoms with van der Waals surface area (Å²) in [5.74, 6) is 1.54. The Kier molecular flexibility index (Phi) is 6.69. The lowest BCUT2D eigenvalue weighted by atomic mass is 10.2. The molecule has 2 aromatic carbocycles. The number of fused-ring (bicyclic) bond motifs is 1. The number of nitro benzene ring substituents is 1. The van der Waals surface area contributed by atoms with Gasteiger partial charge in [-0.1, -0.05) is 17.7 Å². The maximum Gasteiger partial charge on any atom is 0.271 e. The molecule has 0 saturated heterocycles. The van der Waals surface area contributed by atoms with Crippen molar-refractivity contribution < 1.29 is 14.4 Å². The van der Waals surface area contributed by atoms with Crippen LogP contribution in [0.25, 0.3) is 0 Å². The number of nitrogens with zero attached hydrogens (tertiary/aromatic N) is 1. The first kappa shape index (κ1) is 19.1. The van der Waals surface area contributed by atoms with Crippen molar-refractivity contribution in [2.75, 3.05) is 25.2 Å². The van der Waals surface area contributed by atoms with Crippen molar-refractivity contribution in [3.63, 3.8) is 0 Å². The van der Waals surface area contributed by atoms with Crippen LogP contribution in [0.5, 0.6) is 11.5 Å². The third-order valence-corrected chi connectivity index (χ3v) is 3.86. The van der Waals surface area contributed by atoms with Crippen molar-refractivity contribution in [3.05, 3.63) is 57.1 Å². The maximum atomic E-state index is 10.7. The van der Waals surface area contributed by atoms with Gasteiger partial charge in [-0.15, -0.1) is 12.4 Å². The fourth-order valence-electron chi connectivity index (χ4n) is 2.33. The van der Waals surface area contributed by atoms with E-state index >= 15 is 0 Å². The zero-order valence-electron chi connectivity index (χ0n) is 13.2. The van der Waals surface area contributed by atoms with Gasteiger partial charge >= 0.3 is 0 Å². The van der Waals surface area contributed by atoms with Gasteiger partial charge in [0.15, 0.2) is 11.5 Å². The molecule has 0 fully saturated rings. The Morgan fingerprint density at radius 1 is 1.12 bits per heavy atom. The standard InChI is InChI=1S/C16H16ClN3O4.ClH/c17-13-8-12(20(21)22)2-3-14(13)19-6-5-18-9-11-1-4-15-16(7-11)24-10-23-15;/h1-4,7-8,18-19H,5-6,9-10H2;1H. The van der Waals surface area contributed by atoms with Gasteiger partial charge in [0.1, 0.15) is 0 Å². The zero-order chi connectivity index (χ0) is 16.9. The highest BCUT2D eigenvalue weighted by Gasteiger charge is 2.13. The van der Waals surface area contributed by atoms with Crippen LogP contribution in [0.15, 0.2) is 36.4 Å². The van der Waals surface area contributed by atoms with Crippen LogP contribution in [0.1, 0.15) is 5.56 Å². The minimum Gasteiger partial charge on any atom is -0.454 e. The molecule has 0 amide bonds. The number of nitro groups is 1. The van der Waals surface area contributed by atoms with E-state index in [1.807, 2.05) is 18.2 Å². The van der Waals surface area contributed by atoms with E-state index in [2.05, 4.69) is 10.6 Å². The van der Waals surface area contributed by atoms with E-state index in [0.29, 0.717) is 30.3 Å². The number of nitrogens with one attached hydrogen (secondary N) is 2. The van der Waals surface area contributed by atoms with E-state index in [1.165, 1.54) is 12.1 Å². The monoisotopic (exact) mass is 385 g/mol. The van der Waals surface area contributed by atoms with Gasteiger partial charge in [0.25, 0.3) is 5.69 Å². The zero-order valence-corrected chi connectivity index (χ0v) is 14.7. The molecule has 0 saturated carbocycles. The Balaban J connectivity index is 0.00000225. The molecule has 0 spiro atoms. The number of hydrogen-bond donors (Lipinski definition) is 2. The molecule has 0 radical (unpaired) electrons. The molecule has 3 rings (SSSR count). The maximum absolute atomic E-state index is 10.7. The molecule has 2 N–H and O–H groups in total. The SMILES string of the molecule is Cl.O=[N+]([O-])c1ccc(NCCNCc2ccc3c(c2)OCO3)c(Cl)c1. The van der Waals surface area contributed by atoms with Crippen molar-refractivity contribution in [2.24, 2.45) is 0 Å². The second-order valence-corrected chi connectivity index (χ2v) is 5.62. The normalized spacial score (nSPS) is 11.7. The molecule has 0 bridgehead atoms. The molecule has 1 aliphatic rings. The summed E-state index contributed by atoms with van der Waals surface area (Å²) in [5.41, 5.74) is 1.76. The molecule has 2 aromatic rings. The van der Waals surface area contributed by atoms with Crippen LogP contribution in [-0.2, 0) is 6.54 Å².